The van der Waals surface area contributed by atoms with Gasteiger partial charge in [0, 0.05) is 43.8 Å². The second-order valence-corrected chi connectivity index (χ2v) is 9.80. The number of hydrogen-bond acceptors (Lipinski definition) is 8. The molecule has 200 valence electrons. The summed E-state index contributed by atoms with van der Waals surface area (Å²) in [6.45, 7) is 6.43. The monoisotopic (exact) mass is 520 g/mol. The molecule has 0 amide bonds. The van der Waals surface area contributed by atoms with Crippen molar-refractivity contribution in [3.05, 3.63) is 58.0 Å². The topological polar surface area (TPSA) is 133 Å². The number of aromatic nitrogens is 1. The summed E-state index contributed by atoms with van der Waals surface area (Å²) < 4.78 is 19.6. The number of piperazine rings is 1. The summed E-state index contributed by atoms with van der Waals surface area (Å²) in [5, 5.41) is 15.6. The van der Waals surface area contributed by atoms with E-state index >= 15 is 0 Å². The Morgan fingerprint density at radius 3 is 2.82 bits per heavy atom. The van der Waals surface area contributed by atoms with E-state index in [4.69, 9.17) is 15.8 Å². The van der Waals surface area contributed by atoms with Crippen molar-refractivity contribution in [3.8, 4) is 6.07 Å². The quantitative estimate of drug-likeness (QED) is 0.163. The Labute approximate surface area is 222 Å². The third-order valence-electron chi connectivity index (χ3n) is 7.41. The molecular formula is C27H33FN8O2. The highest BCUT2D eigenvalue weighted by Crippen LogP contribution is 2.31. The Morgan fingerprint density at radius 2 is 2.05 bits per heavy atom. The molecule has 1 aliphatic carbocycles. The number of benzene rings is 1. The maximum absolute atomic E-state index is 13.6. The fourth-order valence-electron chi connectivity index (χ4n) is 5.32. The minimum absolute atomic E-state index is 0.0204. The van der Waals surface area contributed by atoms with Crippen LogP contribution in [0.15, 0.2) is 39.6 Å². The van der Waals surface area contributed by atoms with Gasteiger partial charge in [-0.25, -0.2) is 14.4 Å². The van der Waals surface area contributed by atoms with E-state index in [1.807, 2.05) is 12.1 Å². The van der Waals surface area contributed by atoms with Gasteiger partial charge >= 0.3 is 0 Å². The minimum atomic E-state index is -0.452. The minimum Gasteiger partial charge on any atom is -0.370 e. The molecule has 38 heavy (non-hydrogen) atoms. The average Bonchev–Trinajstić information content (AvgIpc) is 2.93. The number of nitriles is 1. The first-order valence-corrected chi connectivity index (χ1v) is 12.8. The summed E-state index contributed by atoms with van der Waals surface area (Å²) in [5.74, 6) is 4.93. The van der Waals surface area contributed by atoms with Crippen LogP contribution >= 0.6 is 0 Å². The number of rotatable bonds is 4. The van der Waals surface area contributed by atoms with Crippen LogP contribution in [0.25, 0.3) is 0 Å². The predicted molar refractivity (Wildman–Crippen MR) is 141 cm³/mol. The SMILES string of the molecule is Cc1c(C2CN3CCN(C)CC3CO2)ccc(F)c1C#N.NN=NC=Nc1ccc2c(n1)CCCC2C=O. The number of ether oxygens (including phenoxy) is 1. The molecule has 0 radical (unpaired) electrons. The molecule has 0 spiro atoms. The molecule has 3 heterocycles. The first kappa shape index (κ1) is 27.4. The van der Waals surface area contributed by atoms with E-state index in [0.29, 0.717) is 24.0 Å². The van der Waals surface area contributed by atoms with Crippen molar-refractivity contribution in [1.29, 1.82) is 5.26 Å². The second kappa shape index (κ2) is 12.8. The van der Waals surface area contributed by atoms with Crippen LogP contribution in [0.5, 0.6) is 0 Å². The van der Waals surface area contributed by atoms with Gasteiger partial charge in [-0.15, -0.1) is 5.11 Å². The Morgan fingerprint density at radius 1 is 1.24 bits per heavy atom. The van der Waals surface area contributed by atoms with Crippen LogP contribution in [-0.4, -0.2) is 73.3 Å². The van der Waals surface area contributed by atoms with Crippen LogP contribution in [0.2, 0.25) is 0 Å². The van der Waals surface area contributed by atoms with E-state index in [1.165, 1.54) is 12.4 Å². The third kappa shape index (κ3) is 6.27. The van der Waals surface area contributed by atoms with E-state index in [0.717, 1.165) is 68.5 Å². The molecule has 3 atom stereocenters. The molecule has 2 fully saturated rings. The standard InChI is InChI=1S/C16H20FN3O.C11H13N5O/c1-11-13(3-4-15(17)14(11)7-18)16-9-20-6-5-19(2)8-12(20)10-21-16;12-16-14-7-13-11-5-4-9-8(6-17)2-1-3-10(9)15-11/h3-4,12,16H,5-6,8-10H2,1-2H3;4-8H,1-3H2,(H2,12,13,14,15). The predicted octanol–water partition coefficient (Wildman–Crippen LogP) is 3.38. The van der Waals surface area contributed by atoms with E-state index in [9.17, 15) is 9.18 Å². The Bertz CT molecular complexity index is 1240. The highest BCUT2D eigenvalue weighted by molar-refractivity contribution is 5.64. The number of pyridine rings is 1. The third-order valence-corrected chi connectivity index (χ3v) is 7.41. The molecule has 3 aliphatic rings. The van der Waals surface area contributed by atoms with Gasteiger partial charge in [0.1, 0.15) is 24.5 Å². The van der Waals surface area contributed by atoms with Gasteiger partial charge in [-0.05, 0) is 62.1 Å². The highest BCUT2D eigenvalue weighted by atomic mass is 19.1. The molecule has 2 N–H and O–H groups in total. The average molecular weight is 521 g/mol. The number of carbonyl (C=O) groups is 1. The summed E-state index contributed by atoms with van der Waals surface area (Å²) in [6.07, 6.45) is 4.94. The number of aldehydes is 1. The molecule has 0 bridgehead atoms. The van der Waals surface area contributed by atoms with E-state index in [2.05, 4.69) is 37.2 Å². The van der Waals surface area contributed by atoms with Gasteiger partial charge in [-0.1, -0.05) is 17.4 Å². The zero-order valence-corrected chi connectivity index (χ0v) is 21.8. The lowest BCUT2D eigenvalue weighted by molar-refractivity contribution is -0.109. The Hall–Kier alpha value is -3.59. The fourth-order valence-corrected chi connectivity index (χ4v) is 5.32. The number of fused-ring (bicyclic) bond motifs is 2. The number of aryl methyl sites for hydroxylation is 1. The fraction of sp³-hybridized carbons (Fsp3) is 0.481. The normalized spacial score (nSPS) is 23.8. The van der Waals surface area contributed by atoms with Crippen LogP contribution in [0.3, 0.4) is 0 Å². The number of aliphatic imine (C=N–C) groups is 1. The first-order valence-electron chi connectivity index (χ1n) is 12.8. The van der Waals surface area contributed by atoms with Crippen molar-refractivity contribution in [2.45, 2.75) is 44.2 Å². The molecule has 3 unspecified atom stereocenters. The lowest BCUT2D eigenvalue weighted by Crippen LogP contribution is -2.57. The molecule has 1 aromatic carbocycles. The van der Waals surface area contributed by atoms with Crippen molar-refractivity contribution in [2.75, 3.05) is 39.8 Å². The number of hydrogen-bond donors (Lipinski definition) is 1. The number of halogens is 1. The lowest BCUT2D eigenvalue weighted by atomic mass is 9.87. The van der Waals surface area contributed by atoms with Crippen molar-refractivity contribution in [1.82, 2.24) is 14.8 Å². The van der Waals surface area contributed by atoms with Crippen LogP contribution in [0.4, 0.5) is 10.2 Å². The maximum Gasteiger partial charge on any atom is 0.154 e. The molecule has 5 rings (SSSR count). The summed E-state index contributed by atoms with van der Waals surface area (Å²) in [7, 11) is 2.13. The highest BCUT2D eigenvalue weighted by Gasteiger charge is 2.34. The zero-order valence-electron chi connectivity index (χ0n) is 21.8. The molecule has 1 aromatic heterocycles. The summed E-state index contributed by atoms with van der Waals surface area (Å²) in [6, 6.07) is 9.20. The van der Waals surface area contributed by atoms with Gasteiger partial charge < -0.3 is 20.3 Å². The molecule has 10 nitrogen and oxygen atoms in total. The number of carbonyl (C=O) groups excluding carboxylic acids is 1. The van der Waals surface area contributed by atoms with Crippen LogP contribution in [-0.2, 0) is 16.0 Å². The molecule has 2 aromatic rings. The molecule has 2 saturated heterocycles. The summed E-state index contributed by atoms with van der Waals surface area (Å²) in [4.78, 5) is 24.1. The smallest absolute Gasteiger partial charge is 0.154 e. The zero-order chi connectivity index (χ0) is 27.1. The molecule has 11 heteroatoms. The van der Waals surface area contributed by atoms with Crippen LogP contribution in [0.1, 0.15) is 52.8 Å². The largest absolute Gasteiger partial charge is 0.370 e. The van der Waals surface area contributed by atoms with E-state index in [-0.39, 0.29) is 17.6 Å². The number of likely N-dealkylation sites (N-methyl/N-ethyl adjacent to an activating group) is 1. The van der Waals surface area contributed by atoms with Crippen molar-refractivity contribution in [3.63, 3.8) is 0 Å². The van der Waals surface area contributed by atoms with Gasteiger partial charge in [0.2, 0.25) is 0 Å². The molecule has 2 aliphatic heterocycles. The Balaban J connectivity index is 0.000000181. The van der Waals surface area contributed by atoms with Gasteiger partial charge in [0.25, 0.3) is 0 Å². The summed E-state index contributed by atoms with van der Waals surface area (Å²) in [5.41, 5.74) is 3.75. The molecular weight excluding hydrogens is 487 g/mol. The second-order valence-electron chi connectivity index (χ2n) is 9.80. The van der Waals surface area contributed by atoms with Gasteiger partial charge in [-0.3, -0.25) is 4.90 Å². The van der Waals surface area contributed by atoms with Crippen LogP contribution in [0, 0.1) is 24.1 Å². The van der Waals surface area contributed by atoms with E-state index in [1.54, 1.807) is 19.1 Å². The Kier molecular flexibility index (Phi) is 9.23. The van der Waals surface area contributed by atoms with Crippen molar-refractivity contribution >= 4 is 18.4 Å². The van der Waals surface area contributed by atoms with E-state index < -0.39 is 5.82 Å². The van der Waals surface area contributed by atoms with Crippen LogP contribution < -0.4 is 5.84 Å². The number of morpholine rings is 1. The number of nitrogens with zero attached hydrogens (tertiary/aromatic N) is 7. The first-order chi connectivity index (χ1) is 18.4. The lowest BCUT2D eigenvalue weighted by Gasteiger charge is -2.45. The van der Waals surface area contributed by atoms with Crippen molar-refractivity contribution < 1.29 is 13.9 Å². The van der Waals surface area contributed by atoms with Crippen molar-refractivity contribution in [2.24, 2.45) is 21.2 Å². The number of nitrogens with two attached hydrogens (primary N) is 1. The summed E-state index contributed by atoms with van der Waals surface area (Å²) >= 11 is 0. The van der Waals surface area contributed by atoms with Gasteiger partial charge in [-0.2, -0.15) is 5.26 Å². The molecule has 0 saturated carbocycles. The van der Waals surface area contributed by atoms with Gasteiger partial charge in [0.15, 0.2) is 5.82 Å². The maximum atomic E-state index is 13.6. The van der Waals surface area contributed by atoms with Gasteiger partial charge in [0.05, 0.1) is 18.3 Å².